The summed E-state index contributed by atoms with van der Waals surface area (Å²) in [5, 5.41) is 2.02. The highest BCUT2D eigenvalue weighted by Gasteiger charge is 2.70. The Balaban J connectivity index is 1.84. The number of amides is 2. The van der Waals surface area contributed by atoms with Gasteiger partial charge in [-0.15, -0.1) is 0 Å². The number of halogens is 4. The van der Waals surface area contributed by atoms with Crippen molar-refractivity contribution in [3.05, 3.63) is 118 Å². The Hall–Kier alpha value is -3.91. The second kappa shape index (κ2) is 10.2. The van der Waals surface area contributed by atoms with Crippen LogP contribution in [0.1, 0.15) is 33.2 Å². The molecule has 37 heavy (non-hydrogen) atoms. The van der Waals surface area contributed by atoms with Crippen molar-refractivity contribution >= 4 is 29.2 Å². The molecule has 0 saturated heterocycles. The van der Waals surface area contributed by atoms with Gasteiger partial charge in [0.25, 0.3) is 11.8 Å². The van der Waals surface area contributed by atoms with E-state index in [-0.39, 0.29) is 34.8 Å². The Kier molecular flexibility index (Phi) is 7.23. The number of nitrogens with one attached hydrogen (secondary N) is 1. The molecule has 3 aromatic carbocycles. The van der Waals surface area contributed by atoms with Gasteiger partial charge in [0.05, 0.1) is 5.57 Å². The minimum Gasteiger partial charge on any atom is -0.326 e. The second-order valence-electron chi connectivity index (χ2n) is 8.56. The van der Waals surface area contributed by atoms with Crippen molar-refractivity contribution < 1.29 is 27.6 Å². The van der Waals surface area contributed by atoms with Crippen molar-refractivity contribution in [2.75, 3.05) is 6.54 Å². The molecule has 1 aliphatic heterocycles. The van der Waals surface area contributed by atoms with Crippen LogP contribution in [0.4, 0.5) is 13.2 Å². The molecule has 1 aliphatic rings. The van der Waals surface area contributed by atoms with E-state index < -0.39 is 34.9 Å². The monoisotopic (exact) mass is 526 g/mol. The highest BCUT2D eigenvalue weighted by molar-refractivity contribution is 6.31. The number of benzene rings is 3. The molecule has 2 amide bonds. The van der Waals surface area contributed by atoms with E-state index in [4.69, 9.17) is 11.6 Å². The third-order valence-corrected chi connectivity index (χ3v) is 6.49. The van der Waals surface area contributed by atoms with Crippen molar-refractivity contribution in [3.63, 3.8) is 0 Å². The fraction of sp³-hybridized carbons (Fsp3) is 0.179. The molecule has 0 aromatic heterocycles. The first-order valence-corrected chi connectivity index (χ1v) is 11.8. The number of ketones is 1. The van der Waals surface area contributed by atoms with Gasteiger partial charge in [0.2, 0.25) is 5.54 Å². The summed E-state index contributed by atoms with van der Waals surface area (Å²) in [6.45, 7) is 1.17. The predicted octanol–water partition coefficient (Wildman–Crippen LogP) is 5.61. The lowest BCUT2D eigenvalue weighted by atomic mass is 9.84. The largest absolute Gasteiger partial charge is 0.425 e. The molecule has 0 saturated carbocycles. The molecular formula is C28H22ClF3N2O3. The van der Waals surface area contributed by atoms with Crippen LogP contribution in [0.15, 0.2) is 96.2 Å². The SMILES string of the molecule is CC1=C(C(=O)c2ccccc2)[C@@](NC(=O)c2cccc(Cl)c2)(C(F)(F)F)C(=O)N1CCc1ccccc1. The van der Waals surface area contributed by atoms with Gasteiger partial charge in [0.15, 0.2) is 5.78 Å². The van der Waals surface area contributed by atoms with Gasteiger partial charge in [-0.3, -0.25) is 14.4 Å². The maximum atomic E-state index is 15.0. The molecule has 0 aliphatic carbocycles. The van der Waals surface area contributed by atoms with E-state index in [0.29, 0.717) is 0 Å². The first-order chi connectivity index (χ1) is 17.6. The number of rotatable bonds is 7. The Morgan fingerprint density at radius 3 is 2.11 bits per heavy atom. The minimum atomic E-state index is -5.33. The Morgan fingerprint density at radius 2 is 1.51 bits per heavy atom. The summed E-state index contributed by atoms with van der Waals surface area (Å²) < 4.78 is 44.9. The number of allylic oxidation sites excluding steroid dienone is 1. The lowest BCUT2D eigenvalue weighted by Crippen LogP contribution is -2.66. The third-order valence-electron chi connectivity index (χ3n) is 6.25. The van der Waals surface area contributed by atoms with Crippen molar-refractivity contribution in [1.82, 2.24) is 10.2 Å². The van der Waals surface area contributed by atoms with E-state index in [1.807, 2.05) is 5.32 Å². The number of hydrogen-bond donors (Lipinski definition) is 1. The summed E-state index contributed by atoms with van der Waals surface area (Å²) in [6, 6.07) is 21.6. The Bertz CT molecular complexity index is 1370. The number of hydrogen-bond acceptors (Lipinski definition) is 3. The van der Waals surface area contributed by atoms with E-state index in [1.54, 1.807) is 36.4 Å². The molecule has 0 fully saturated rings. The molecule has 4 rings (SSSR count). The number of alkyl halides is 3. The summed E-state index contributed by atoms with van der Waals surface area (Å²) in [6.07, 6.45) is -5.09. The first-order valence-electron chi connectivity index (χ1n) is 11.4. The quantitative estimate of drug-likeness (QED) is 0.407. The van der Waals surface area contributed by atoms with Gasteiger partial charge in [-0.05, 0) is 37.1 Å². The smallest absolute Gasteiger partial charge is 0.326 e. The summed E-state index contributed by atoms with van der Waals surface area (Å²) >= 11 is 5.92. The van der Waals surface area contributed by atoms with Crippen molar-refractivity contribution in [1.29, 1.82) is 0 Å². The van der Waals surface area contributed by atoms with Crippen LogP contribution in [0.25, 0.3) is 0 Å². The fourth-order valence-corrected chi connectivity index (χ4v) is 4.60. The average molecular weight is 527 g/mol. The maximum absolute atomic E-state index is 15.0. The zero-order valence-corrected chi connectivity index (χ0v) is 20.4. The van der Waals surface area contributed by atoms with E-state index in [2.05, 4.69) is 0 Å². The minimum absolute atomic E-state index is 0.0415. The lowest BCUT2D eigenvalue weighted by Gasteiger charge is -2.33. The molecule has 9 heteroatoms. The van der Waals surface area contributed by atoms with Crippen molar-refractivity contribution in [3.8, 4) is 0 Å². The molecule has 1 atom stereocenters. The molecule has 3 aromatic rings. The summed E-state index contributed by atoms with van der Waals surface area (Å²) in [5.41, 5.74) is -4.01. The highest BCUT2D eigenvalue weighted by atomic mass is 35.5. The van der Waals surface area contributed by atoms with Gasteiger partial charge in [-0.2, -0.15) is 13.2 Å². The van der Waals surface area contributed by atoms with Crippen LogP contribution in [-0.2, 0) is 11.2 Å². The molecule has 190 valence electrons. The van der Waals surface area contributed by atoms with Crippen LogP contribution < -0.4 is 5.32 Å². The van der Waals surface area contributed by atoms with Gasteiger partial charge in [-0.1, -0.05) is 78.3 Å². The summed E-state index contributed by atoms with van der Waals surface area (Å²) in [7, 11) is 0. The molecule has 0 spiro atoms. The number of carbonyl (C=O) groups excluding carboxylic acids is 3. The van der Waals surface area contributed by atoms with Gasteiger partial charge < -0.3 is 10.2 Å². The van der Waals surface area contributed by atoms with Crippen LogP contribution in [0.5, 0.6) is 0 Å². The number of Topliss-reactive ketones (excluding diaryl/α,β-unsaturated/α-hetero) is 1. The second-order valence-corrected chi connectivity index (χ2v) is 9.00. The summed E-state index contributed by atoms with van der Waals surface area (Å²) in [5.74, 6) is -3.63. The molecule has 0 radical (unpaired) electrons. The normalized spacial score (nSPS) is 17.8. The highest BCUT2D eigenvalue weighted by Crippen LogP contribution is 2.46. The third kappa shape index (κ3) is 4.89. The predicted molar refractivity (Wildman–Crippen MR) is 133 cm³/mol. The number of nitrogens with zero attached hydrogens (tertiary/aromatic N) is 1. The Morgan fingerprint density at radius 1 is 0.919 bits per heavy atom. The van der Waals surface area contributed by atoms with Crippen molar-refractivity contribution in [2.45, 2.75) is 25.1 Å². The van der Waals surface area contributed by atoms with E-state index >= 15 is 0 Å². The Labute approximate surface area is 216 Å². The molecule has 0 bridgehead atoms. The van der Waals surface area contributed by atoms with Crippen LogP contribution in [0.3, 0.4) is 0 Å². The molecule has 1 heterocycles. The van der Waals surface area contributed by atoms with E-state index in [0.717, 1.165) is 10.5 Å². The van der Waals surface area contributed by atoms with E-state index in [9.17, 15) is 27.6 Å². The maximum Gasteiger partial charge on any atom is 0.425 e. The molecule has 0 unspecified atom stereocenters. The van der Waals surface area contributed by atoms with E-state index in [1.165, 1.54) is 55.5 Å². The van der Waals surface area contributed by atoms with Crippen LogP contribution in [0.2, 0.25) is 5.02 Å². The first kappa shape index (κ1) is 26.2. The standard InChI is InChI=1S/C28H22ClF3N2O3/c1-18-23(24(35)20-11-6-3-7-12-20)27(28(30,31)32,33-25(36)21-13-8-14-22(29)17-21)26(37)34(18)16-15-19-9-4-2-5-10-19/h2-14,17H,15-16H2,1H3,(H,33,36)/t27-/m0/s1. The van der Waals surface area contributed by atoms with Gasteiger partial charge in [0, 0.05) is 28.4 Å². The zero-order chi connectivity index (χ0) is 26.8. The molecule has 5 nitrogen and oxygen atoms in total. The zero-order valence-electron chi connectivity index (χ0n) is 19.7. The van der Waals surface area contributed by atoms with Gasteiger partial charge in [-0.25, -0.2) is 0 Å². The topological polar surface area (TPSA) is 66.5 Å². The van der Waals surface area contributed by atoms with Crippen molar-refractivity contribution in [2.24, 2.45) is 0 Å². The molecular weight excluding hydrogens is 505 g/mol. The fourth-order valence-electron chi connectivity index (χ4n) is 4.41. The van der Waals surface area contributed by atoms with Crippen LogP contribution in [-0.4, -0.2) is 40.8 Å². The lowest BCUT2D eigenvalue weighted by molar-refractivity contribution is -0.189. The molecule has 1 N–H and O–H groups in total. The van der Waals surface area contributed by atoms with Gasteiger partial charge >= 0.3 is 6.18 Å². The average Bonchev–Trinajstić information content (AvgIpc) is 3.09. The van der Waals surface area contributed by atoms with Crippen LogP contribution >= 0.6 is 11.6 Å². The van der Waals surface area contributed by atoms with Crippen LogP contribution in [0, 0.1) is 0 Å². The number of carbonyl (C=O) groups is 3. The van der Waals surface area contributed by atoms with Gasteiger partial charge in [0.1, 0.15) is 0 Å². The summed E-state index contributed by atoms with van der Waals surface area (Å²) in [4.78, 5) is 41.2.